The maximum absolute atomic E-state index is 12.2. The molecule has 0 aromatic heterocycles. The van der Waals surface area contributed by atoms with Crippen molar-refractivity contribution in [3.05, 3.63) is 22.8 Å². The Kier molecular flexibility index (Phi) is 6.75. The van der Waals surface area contributed by atoms with Crippen molar-refractivity contribution < 1.29 is 10.2 Å². The highest BCUT2D eigenvalue weighted by Gasteiger charge is 2.07. The Hall–Kier alpha value is -1.18. The topological polar surface area (TPSA) is 46.1 Å². The van der Waals surface area contributed by atoms with Crippen molar-refractivity contribution in [3.8, 4) is 11.5 Å². The molecule has 0 heterocycles. The van der Waals surface area contributed by atoms with Gasteiger partial charge in [-0.25, -0.2) is 0 Å². The first-order chi connectivity index (χ1) is 9.15. The molecular formula is C17H26O2-2. The Balaban J connectivity index is 3.07. The van der Waals surface area contributed by atoms with Gasteiger partial charge in [-0.3, -0.25) is 0 Å². The molecule has 0 spiro atoms. The number of rotatable bonds is 8. The first kappa shape index (κ1) is 15.9. The zero-order valence-electron chi connectivity index (χ0n) is 12.6. The number of hydrogen-bond donors (Lipinski definition) is 0. The summed E-state index contributed by atoms with van der Waals surface area (Å²) in [4.78, 5) is 0. The monoisotopic (exact) mass is 262 g/mol. The molecule has 0 bridgehead atoms. The van der Waals surface area contributed by atoms with E-state index >= 15 is 0 Å². The maximum atomic E-state index is 12.2. The summed E-state index contributed by atoms with van der Waals surface area (Å²) in [5, 5.41) is 24.3. The van der Waals surface area contributed by atoms with Crippen molar-refractivity contribution in [2.45, 2.75) is 72.1 Å². The first-order valence-electron chi connectivity index (χ1n) is 7.67. The minimum absolute atomic E-state index is 0.231. The summed E-state index contributed by atoms with van der Waals surface area (Å²) in [5.74, 6) is -0.487. The van der Waals surface area contributed by atoms with E-state index in [4.69, 9.17) is 0 Å². The molecule has 1 aromatic carbocycles. The van der Waals surface area contributed by atoms with Crippen LogP contribution in [0, 0.1) is 0 Å². The van der Waals surface area contributed by atoms with Crippen molar-refractivity contribution in [3.63, 3.8) is 0 Å². The van der Waals surface area contributed by atoms with E-state index in [0.29, 0.717) is 0 Å². The van der Waals surface area contributed by atoms with Gasteiger partial charge >= 0.3 is 0 Å². The van der Waals surface area contributed by atoms with Gasteiger partial charge in [-0.1, -0.05) is 63.6 Å². The lowest BCUT2D eigenvalue weighted by molar-refractivity contribution is -0.318. The molecule has 19 heavy (non-hydrogen) atoms. The van der Waals surface area contributed by atoms with Gasteiger partial charge in [-0.15, -0.1) is 11.5 Å². The molecule has 1 rings (SSSR count). The largest absolute Gasteiger partial charge is 0.873 e. The van der Waals surface area contributed by atoms with Crippen LogP contribution in [0.15, 0.2) is 6.07 Å². The van der Waals surface area contributed by atoms with Gasteiger partial charge in [-0.05, 0) is 31.2 Å². The smallest absolute Gasteiger partial charge is 0.0279 e. The number of unbranched alkanes of at least 4 members (excludes halogenated alkanes) is 2. The molecule has 0 aliphatic carbocycles. The van der Waals surface area contributed by atoms with Gasteiger partial charge in [0.1, 0.15) is 0 Å². The average molecular weight is 262 g/mol. The summed E-state index contributed by atoms with van der Waals surface area (Å²) >= 11 is 0. The molecule has 0 fully saturated rings. The second-order valence-corrected chi connectivity index (χ2v) is 5.29. The Labute approximate surface area is 117 Å². The average Bonchev–Trinajstić information content (AvgIpc) is 2.40. The van der Waals surface area contributed by atoms with Crippen molar-refractivity contribution in [1.82, 2.24) is 0 Å². The standard InChI is InChI=1S/C17H28O2/c1-4-7-8-11-15-13(9-5-2)12-14(10-6-3)16(18)17(15)19/h12,18-19H,4-11H2,1-3H3/p-2. The van der Waals surface area contributed by atoms with Crippen LogP contribution in [0.1, 0.15) is 69.6 Å². The molecule has 108 valence electrons. The Morgan fingerprint density at radius 1 is 0.737 bits per heavy atom. The number of benzene rings is 1. The van der Waals surface area contributed by atoms with Gasteiger partial charge in [0.05, 0.1) is 0 Å². The predicted octanol–water partition coefficient (Wildman–Crippen LogP) is 3.47. The first-order valence-corrected chi connectivity index (χ1v) is 7.67. The summed E-state index contributed by atoms with van der Waals surface area (Å²) in [6.45, 7) is 6.30. The van der Waals surface area contributed by atoms with Crippen LogP contribution in [0.3, 0.4) is 0 Å². The Bertz CT molecular complexity index is 397. The van der Waals surface area contributed by atoms with Crippen molar-refractivity contribution in [2.75, 3.05) is 0 Å². The molecule has 0 aliphatic rings. The molecule has 1 aromatic rings. The molecule has 0 radical (unpaired) electrons. The molecule has 0 saturated carbocycles. The highest BCUT2D eigenvalue weighted by molar-refractivity contribution is 5.52. The minimum Gasteiger partial charge on any atom is -0.873 e. The van der Waals surface area contributed by atoms with Crippen LogP contribution >= 0.6 is 0 Å². The van der Waals surface area contributed by atoms with E-state index in [-0.39, 0.29) is 11.5 Å². The molecular weight excluding hydrogens is 236 g/mol. The minimum atomic E-state index is -0.256. The fourth-order valence-corrected chi connectivity index (χ4v) is 2.56. The highest BCUT2D eigenvalue weighted by atomic mass is 16.3. The fourth-order valence-electron chi connectivity index (χ4n) is 2.56. The Morgan fingerprint density at radius 3 is 1.95 bits per heavy atom. The second-order valence-electron chi connectivity index (χ2n) is 5.29. The molecule has 2 nitrogen and oxygen atoms in total. The van der Waals surface area contributed by atoms with E-state index in [1.54, 1.807) is 0 Å². The molecule has 0 N–H and O–H groups in total. The predicted molar refractivity (Wildman–Crippen MR) is 76.6 cm³/mol. The van der Waals surface area contributed by atoms with Crippen molar-refractivity contribution in [2.24, 2.45) is 0 Å². The van der Waals surface area contributed by atoms with Crippen LogP contribution in [-0.2, 0) is 19.3 Å². The van der Waals surface area contributed by atoms with Crippen LogP contribution in [0.25, 0.3) is 0 Å². The van der Waals surface area contributed by atoms with Gasteiger partial charge in [-0.2, -0.15) is 0 Å². The number of hydrogen-bond acceptors (Lipinski definition) is 2. The van der Waals surface area contributed by atoms with Crippen LogP contribution in [-0.4, -0.2) is 0 Å². The van der Waals surface area contributed by atoms with Gasteiger partial charge in [0, 0.05) is 0 Å². The summed E-state index contributed by atoms with van der Waals surface area (Å²) < 4.78 is 0. The van der Waals surface area contributed by atoms with Crippen molar-refractivity contribution in [1.29, 1.82) is 0 Å². The maximum Gasteiger partial charge on any atom is -0.0279 e. The molecule has 0 amide bonds. The molecule has 0 unspecified atom stereocenters. The van der Waals surface area contributed by atoms with Crippen LogP contribution in [0.4, 0.5) is 0 Å². The second kappa shape index (κ2) is 8.08. The fraction of sp³-hybridized carbons (Fsp3) is 0.647. The van der Waals surface area contributed by atoms with E-state index in [1.807, 2.05) is 13.0 Å². The summed E-state index contributed by atoms with van der Waals surface area (Å²) in [5.41, 5.74) is 2.63. The van der Waals surface area contributed by atoms with Gasteiger partial charge < -0.3 is 10.2 Å². The van der Waals surface area contributed by atoms with E-state index in [0.717, 1.165) is 68.1 Å². The zero-order chi connectivity index (χ0) is 14.3. The van der Waals surface area contributed by atoms with Gasteiger partial charge in [0.2, 0.25) is 0 Å². The van der Waals surface area contributed by atoms with E-state index in [1.165, 1.54) is 0 Å². The number of aryl methyl sites for hydroxylation is 2. The van der Waals surface area contributed by atoms with E-state index < -0.39 is 0 Å². The molecule has 0 aliphatic heterocycles. The zero-order valence-corrected chi connectivity index (χ0v) is 12.6. The third kappa shape index (κ3) is 4.15. The lowest BCUT2D eigenvalue weighted by Crippen LogP contribution is -2.10. The lowest BCUT2D eigenvalue weighted by atomic mass is 9.93. The van der Waals surface area contributed by atoms with Crippen molar-refractivity contribution >= 4 is 0 Å². The van der Waals surface area contributed by atoms with E-state index in [9.17, 15) is 10.2 Å². The summed E-state index contributed by atoms with van der Waals surface area (Å²) in [7, 11) is 0. The summed E-state index contributed by atoms with van der Waals surface area (Å²) in [6.07, 6.45) is 7.59. The third-order valence-electron chi connectivity index (χ3n) is 3.58. The highest BCUT2D eigenvalue weighted by Crippen LogP contribution is 2.33. The van der Waals surface area contributed by atoms with Crippen LogP contribution in [0.5, 0.6) is 11.5 Å². The third-order valence-corrected chi connectivity index (χ3v) is 3.58. The molecule has 0 saturated heterocycles. The Morgan fingerprint density at radius 2 is 1.37 bits per heavy atom. The SMILES string of the molecule is CCCCCc1c(CCC)cc(CCC)c([O-])c1[O-]. The van der Waals surface area contributed by atoms with Gasteiger partial charge in [0.15, 0.2) is 0 Å². The quantitative estimate of drug-likeness (QED) is 0.673. The van der Waals surface area contributed by atoms with Crippen LogP contribution < -0.4 is 10.2 Å². The molecule has 0 atom stereocenters. The van der Waals surface area contributed by atoms with E-state index in [2.05, 4.69) is 13.8 Å². The normalized spacial score (nSPS) is 10.9. The van der Waals surface area contributed by atoms with Crippen LogP contribution in [0.2, 0.25) is 0 Å². The van der Waals surface area contributed by atoms with Gasteiger partial charge in [0.25, 0.3) is 0 Å². The summed E-state index contributed by atoms with van der Waals surface area (Å²) in [6, 6.07) is 2.00. The molecule has 2 heteroatoms. The lowest BCUT2D eigenvalue weighted by Gasteiger charge is -2.29.